The van der Waals surface area contributed by atoms with Crippen LogP contribution in [0.3, 0.4) is 0 Å². The lowest BCUT2D eigenvalue weighted by atomic mass is 10.2. The fourth-order valence-electron chi connectivity index (χ4n) is 1.35. The third kappa shape index (κ3) is 2.31. The maximum Gasteiger partial charge on any atom is 0.226 e. The Morgan fingerprint density at radius 2 is 1.88 bits per heavy atom. The van der Waals surface area contributed by atoms with Gasteiger partial charge < -0.3 is 5.32 Å². The number of hydrogen-bond donors (Lipinski definition) is 1. The molecule has 5 heteroatoms. The highest BCUT2D eigenvalue weighted by Crippen LogP contribution is 2.14. The van der Waals surface area contributed by atoms with Gasteiger partial charge in [-0.05, 0) is 26.0 Å². The normalized spacial score (nSPS) is 10.1. The van der Waals surface area contributed by atoms with E-state index in [1.165, 1.54) is 0 Å². The van der Waals surface area contributed by atoms with Gasteiger partial charge in [-0.15, -0.1) is 0 Å². The van der Waals surface area contributed by atoms with E-state index < -0.39 is 0 Å². The molecule has 82 valence electrons. The number of anilines is 1. The van der Waals surface area contributed by atoms with Crippen molar-refractivity contribution in [1.82, 2.24) is 19.9 Å². The molecule has 2 aromatic rings. The van der Waals surface area contributed by atoms with Crippen LogP contribution in [0.2, 0.25) is 0 Å². The van der Waals surface area contributed by atoms with Crippen molar-refractivity contribution in [3.63, 3.8) is 0 Å². The summed E-state index contributed by atoms with van der Waals surface area (Å²) < 4.78 is 0. The molecule has 0 spiro atoms. The number of nitrogens with zero attached hydrogens (tertiary/aromatic N) is 4. The quantitative estimate of drug-likeness (QED) is 0.843. The number of hydrogen-bond acceptors (Lipinski definition) is 5. The van der Waals surface area contributed by atoms with Crippen LogP contribution in [0.4, 0.5) is 5.95 Å². The molecule has 0 aliphatic heterocycles. The number of nitrogens with one attached hydrogen (secondary N) is 1. The van der Waals surface area contributed by atoms with Crippen LogP contribution >= 0.6 is 0 Å². The molecule has 0 unspecified atom stereocenters. The topological polar surface area (TPSA) is 63.6 Å². The van der Waals surface area contributed by atoms with Crippen molar-refractivity contribution in [2.45, 2.75) is 13.8 Å². The largest absolute Gasteiger partial charge is 0.354 e. The van der Waals surface area contributed by atoms with Gasteiger partial charge in [-0.1, -0.05) is 0 Å². The molecule has 0 atom stereocenters. The van der Waals surface area contributed by atoms with Gasteiger partial charge in [-0.2, -0.15) is 9.97 Å². The predicted molar refractivity (Wildman–Crippen MR) is 62.0 cm³/mol. The van der Waals surface area contributed by atoms with Crippen LogP contribution in [0.25, 0.3) is 11.4 Å². The number of rotatable bonds is 3. The summed E-state index contributed by atoms with van der Waals surface area (Å²) >= 11 is 0. The van der Waals surface area contributed by atoms with E-state index in [4.69, 9.17) is 0 Å². The van der Waals surface area contributed by atoms with Gasteiger partial charge in [0.15, 0.2) is 5.82 Å². The molecule has 1 N–H and O–H groups in total. The molecule has 2 aromatic heterocycles. The Morgan fingerprint density at radius 1 is 1.12 bits per heavy atom. The van der Waals surface area contributed by atoms with Gasteiger partial charge in [-0.3, -0.25) is 4.98 Å². The summed E-state index contributed by atoms with van der Waals surface area (Å²) in [5, 5.41) is 3.08. The van der Waals surface area contributed by atoms with Crippen molar-refractivity contribution in [2.75, 3.05) is 11.9 Å². The van der Waals surface area contributed by atoms with Gasteiger partial charge in [-0.25, -0.2) is 4.98 Å². The minimum atomic E-state index is 0.613. The first-order valence-corrected chi connectivity index (χ1v) is 5.16. The van der Waals surface area contributed by atoms with E-state index in [-0.39, 0.29) is 0 Å². The van der Waals surface area contributed by atoms with Gasteiger partial charge in [0.05, 0.1) is 0 Å². The van der Waals surface area contributed by atoms with Crippen LogP contribution in [-0.4, -0.2) is 26.5 Å². The summed E-state index contributed by atoms with van der Waals surface area (Å²) in [6, 6.07) is 3.76. The van der Waals surface area contributed by atoms with Crippen molar-refractivity contribution in [2.24, 2.45) is 0 Å². The summed E-state index contributed by atoms with van der Waals surface area (Å²) in [4.78, 5) is 16.8. The van der Waals surface area contributed by atoms with Crippen molar-refractivity contribution < 1.29 is 0 Å². The molecule has 0 fully saturated rings. The van der Waals surface area contributed by atoms with E-state index in [9.17, 15) is 0 Å². The lowest BCUT2D eigenvalue weighted by Crippen LogP contribution is -2.06. The van der Waals surface area contributed by atoms with E-state index in [1.807, 2.05) is 26.0 Å². The molecule has 5 nitrogen and oxygen atoms in total. The zero-order chi connectivity index (χ0) is 11.4. The average molecular weight is 215 g/mol. The van der Waals surface area contributed by atoms with Crippen LogP contribution in [0.5, 0.6) is 0 Å². The Morgan fingerprint density at radius 3 is 2.56 bits per heavy atom. The summed E-state index contributed by atoms with van der Waals surface area (Å²) in [6.45, 7) is 4.65. The Hall–Kier alpha value is -2.04. The van der Waals surface area contributed by atoms with Crippen molar-refractivity contribution in [3.05, 3.63) is 30.4 Å². The van der Waals surface area contributed by atoms with E-state index in [0.717, 1.165) is 12.1 Å². The zero-order valence-electron chi connectivity index (χ0n) is 9.31. The van der Waals surface area contributed by atoms with Crippen LogP contribution in [-0.2, 0) is 0 Å². The van der Waals surface area contributed by atoms with Crippen LogP contribution < -0.4 is 5.32 Å². The fraction of sp³-hybridized carbons (Fsp3) is 0.273. The number of aryl methyl sites for hydroxylation is 1. The standard InChI is InChI=1S/C11H13N5/c1-3-13-11-15-8(2)14-10(16-11)9-4-6-12-7-5-9/h4-7H,3H2,1-2H3,(H,13,14,15,16). The molecule has 0 bridgehead atoms. The van der Waals surface area contributed by atoms with E-state index in [1.54, 1.807) is 12.4 Å². The van der Waals surface area contributed by atoms with Crippen LogP contribution in [0.15, 0.2) is 24.5 Å². The van der Waals surface area contributed by atoms with Crippen LogP contribution in [0, 0.1) is 6.92 Å². The highest BCUT2D eigenvalue weighted by Gasteiger charge is 2.04. The first-order valence-electron chi connectivity index (χ1n) is 5.16. The van der Waals surface area contributed by atoms with Crippen molar-refractivity contribution in [1.29, 1.82) is 0 Å². The molecule has 2 heterocycles. The molecule has 0 radical (unpaired) electrons. The average Bonchev–Trinajstić information content (AvgIpc) is 2.30. The lowest BCUT2D eigenvalue weighted by molar-refractivity contribution is 0.968. The van der Waals surface area contributed by atoms with E-state index in [2.05, 4.69) is 25.3 Å². The first kappa shape index (κ1) is 10.5. The van der Waals surface area contributed by atoms with E-state index in [0.29, 0.717) is 17.6 Å². The maximum absolute atomic E-state index is 4.33. The monoisotopic (exact) mass is 215 g/mol. The highest BCUT2D eigenvalue weighted by molar-refractivity contribution is 5.54. The molecular formula is C11H13N5. The van der Waals surface area contributed by atoms with E-state index >= 15 is 0 Å². The molecule has 0 amide bonds. The van der Waals surface area contributed by atoms with Crippen molar-refractivity contribution in [3.8, 4) is 11.4 Å². The SMILES string of the molecule is CCNc1nc(C)nc(-c2ccncc2)n1. The van der Waals surface area contributed by atoms with Gasteiger partial charge in [0.2, 0.25) is 5.95 Å². The second-order valence-electron chi connectivity index (χ2n) is 3.30. The lowest BCUT2D eigenvalue weighted by Gasteiger charge is -2.05. The molecular weight excluding hydrogens is 202 g/mol. The Labute approximate surface area is 94.0 Å². The third-order valence-corrected chi connectivity index (χ3v) is 2.02. The molecule has 0 aliphatic rings. The molecule has 2 rings (SSSR count). The summed E-state index contributed by atoms with van der Waals surface area (Å²) in [7, 11) is 0. The smallest absolute Gasteiger partial charge is 0.226 e. The Kier molecular flexibility index (Phi) is 3.05. The fourth-order valence-corrected chi connectivity index (χ4v) is 1.35. The predicted octanol–water partition coefficient (Wildman–Crippen LogP) is 1.67. The van der Waals surface area contributed by atoms with Crippen LogP contribution in [0.1, 0.15) is 12.7 Å². The van der Waals surface area contributed by atoms with Gasteiger partial charge in [0, 0.05) is 24.5 Å². The minimum absolute atomic E-state index is 0.613. The number of aromatic nitrogens is 4. The van der Waals surface area contributed by atoms with Gasteiger partial charge >= 0.3 is 0 Å². The second kappa shape index (κ2) is 4.65. The third-order valence-electron chi connectivity index (χ3n) is 2.02. The summed E-state index contributed by atoms with van der Waals surface area (Å²) in [5.74, 6) is 1.99. The molecule has 0 aliphatic carbocycles. The Balaban J connectivity index is 2.41. The second-order valence-corrected chi connectivity index (χ2v) is 3.30. The molecule has 0 saturated heterocycles. The summed E-state index contributed by atoms with van der Waals surface area (Å²) in [5.41, 5.74) is 0.944. The number of pyridine rings is 1. The van der Waals surface area contributed by atoms with Gasteiger partial charge in [0.25, 0.3) is 0 Å². The van der Waals surface area contributed by atoms with Gasteiger partial charge in [0.1, 0.15) is 5.82 Å². The van der Waals surface area contributed by atoms with Crippen molar-refractivity contribution >= 4 is 5.95 Å². The maximum atomic E-state index is 4.33. The minimum Gasteiger partial charge on any atom is -0.354 e. The summed E-state index contributed by atoms with van der Waals surface area (Å²) in [6.07, 6.45) is 3.45. The molecule has 0 aromatic carbocycles. The highest BCUT2D eigenvalue weighted by atomic mass is 15.1. The Bertz CT molecular complexity index is 469. The first-order chi connectivity index (χ1) is 7.79. The molecule has 16 heavy (non-hydrogen) atoms. The molecule has 0 saturated carbocycles. The zero-order valence-corrected chi connectivity index (χ0v) is 9.31.